The quantitative estimate of drug-likeness (QED) is 0.691. The number of hydrogen-bond donors (Lipinski definition) is 2. The number of carbonyl (C=O) groups is 2. The molecule has 130 valence electrons. The Bertz CT molecular complexity index is 945. The Balaban J connectivity index is 0.000000242. The van der Waals surface area contributed by atoms with E-state index in [4.69, 9.17) is 10.2 Å². The van der Waals surface area contributed by atoms with Gasteiger partial charge in [0.05, 0.1) is 22.7 Å². The summed E-state index contributed by atoms with van der Waals surface area (Å²) < 4.78 is 39.7. The molecule has 3 rings (SSSR count). The normalized spacial score (nSPS) is 11.5. The minimum absolute atomic E-state index is 0.441. The third kappa shape index (κ3) is 4.34. The third-order valence-electron chi connectivity index (χ3n) is 3.03. The van der Waals surface area contributed by atoms with Crippen molar-refractivity contribution in [2.45, 2.75) is 6.18 Å². The summed E-state index contributed by atoms with van der Waals surface area (Å²) in [5.41, 5.74) is 0.770. The summed E-state index contributed by atoms with van der Waals surface area (Å²) in [6.07, 6.45) is -1.81. The number of para-hydroxylation sites is 2. The molecule has 0 saturated carbocycles. The lowest BCUT2D eigenvalue weighted by atomic mass is 10.3. The molecular weight excluding hydrogens is 341 g/mol. The number of aromatic nitrogens is 2. The fourth-order valence-electron chi connectivity index (χ4n) is 2.08. The number of fused-ring (bicyclic) bond motifs is 3. The number of hydrogen-bond acceptors (Lipinski definition) is 3. The maximum atomic E-state index is 12.8. The molecule has 0 unspecified atom stereocenters. The second-order valence-electron chi connectivity index (χ2n) is 4.73. The second kappa shape index (κ2) is 7.04. The van der Waals surface area contributed by atoms with Crippen molar-refractivity contribution in [1.82, 2.24) is 9.38 Å². The molecule has 0 aliphatic rings. The van der Waals surface area contributed by atoms with E-state index < -0.39 is 23.8 Å². The van der Waals surface area contributed by atoms with Crippen LogP contribution in [-0.4, -0.2) is 31.5 Å². The molecule has 0 atom stereocenters. The molecule has 0 radical (unpaired) electrons. The zero-order valence-electron chi connectivity index (χ0n) is 12.4. The molecule has 0 aliphatic carbocycles. The lowest BCUT2D eigenvalue weighted by Gasteiger charge is -2.09. The van der Waals surface area contributed by atoms with E-state index in [2.05, 4.69) is 4.98 Å². The van der Waals surface area contributed by atoms with Crippen LogP contribution in [0, 0.1) is 0 Å². The molecule has 3 aromatic rings. The monoisotopic (exact) mass is 352 g/mol. The van der Waals surface area contributed by atoms with E-state index in [0.717, 1.165) is 6.07 Å². The Hall–Kier alpha value is -3.36. The lowest BCUT2D eigenvalue weighted by molar-refractivity contribution is -0.141. The molecule has 2 N–H and O–H groups in total. The van der Waals surface area contributed by atoms with Gasteiger partial charge in [0.25, 0.3) is 0 Å². The number of carboxylic acid groups (broad SMARTS) is 2. The van der Waals surface area contributed by atoms with Crippen LogP contribution in [0.25, 0.3) is 16.6 Å². The minimum Gasteiger partial charge on any atom is -0.478 e. The van der Waals surface area contributed by atoms with E-state index in [1.807, 2.05) is 0 Å². The fourth-order valence-corrected chi connectivity index (χ4v) is 2.08. The molecule has 0 fully saturated rings. The lowest BCUT2D eigenvalue weighted by Crippen LogP contribution is -2.09. The molecule has 6 nitrogen and oxygen atoms in total. The van der Waals surface area contributed by atoms with Gasteiger partial charge in [0, 0.05) is 12.2 Å². The van der Waals surface area contributed by atoms with E-state index in [9.17, 15) is 22.8 Å². The first kappa shape index (κ1) is 18.0. The van der Waals surface area contributed by atoms with Crippen LogP contribution in [0.15, 0.2) is 54.7 Å². The van der Waals surface area contributed by atoms with Crippen molar-refractivity contribution in [3.05, 3.63) is 60.4 Å². The molecular formula is C16H11F3N2O4. The van der Waals surface area contributed by atoms with Crippen LogP contribution in [0.1, 0.15) is 5.69 Å². The van der Waals surface area contributed by atoms with Crippen molar-refractivity contribution < 1.29 is 33.0 Å². The number of nitrogens with zero attached hydrogens (tertiary/aromatic N) is 2. The minimum atomic E-state index is -4.36. The molecule has 1 aromatic carbocycles. The van der Waals surface area contributed by atoms with Crippen molar-refractivity contribution in [1.29, 1.82) is 0 Å². The van der Waals surface area contributed by atoms with E-state index in [1.165, 1.54) is 16.7 Å². The van der Waals surface area contributed by atoms with Crippen molar-refractivity contribution in [3.8, 4) is 0 Å². The molecule has 0 saturated heterocycles. The average Bonchev–Trinajstić information content (AvgIpc) is 2.98. The smallest absolute Gasteiger partial charge is 0.431 e. The van der Waals surface area contributed by atoms with Crippen molar-refractivity contribution >= 4 is 28.5 Å². The van der Waals surface area contributed by atoms with Gasteiger partial charge in [-0.3, -0.25) is 4.98 Å². The highest BCUT2D eigenvalue weighted by Crippen LogP contribution is 2.32. The van der Waals surface area contributed by atoms with Gasteiger partial charge in [0.15, 0.2) is 0 Å². The van der Waals surface area contributed by atoms with E-state index >= 15 is 0 Å². The Labute approximate surface area is 138 Å². The molecule has 2 heterocycles. The summed E-state index contributed by atoms with van der Waals surface area (Å²) in [6, 6.07) is 9.26. The van der Waals surface area contributed by atoms with Gasteiger partial charge in [0.2, 0.25) is 0 Å². The van der Waals surface area contributed by atoms with Crippen LogP contribution < -0.4 is 0 Å². The highest BCUT2D eigenvalue weighted by Gasteiger charge is 2.34. The maximum Gasteiger partial charge on any atom is 0.431 e. The molecule has 25 heavy (non-hydrogen) atoms. The Morgan fingerprint density at radius 2 is 1.60 bits per heavy atom. The zero-order valence-corrected chi connectivity index (χ0v) is 12.4. The van der Waals surface area contributed by atoms with Crippen molar-refractivity contribution in [2.24, 2.45) is 0 Å². The standard InChI is InChI=1S/C12H7F3N2.C4H4O4/c13-12(14,15)11-6-5-8-7-16-9-3-1-2-4-10(9)17(8)11;5-3(6)1-2-4(7)8/h1-7H;1-2H,(H,5,6)(H,7,8)/b;2-1-. The topological polar surface area (TPSA) is 91.9 Å². The SMILES string of the molecule is FC(F)(F)c1ccc2cnc3ccccc3n12.O=C(O)/C=C\C(=O)O. The number of halogens is 3. The highest BCUT2D eigenvalue weighted by atomic mass is 19.4. The second-order valence-corrected chi connectivity index (χ2v) is 4.73. The number of aliphatic carboxylic acids is 2. The number of benzene rings is 1. The first-order valence-electron chi connectivity index (χ1n) is 6.76. The molecule has 2 aromatic heterocycles. The molecule has 9 heteroatoms. The Morgan fingerprint density at radius 3 is 2.16 bits per heavy atom. The van der Waals surface area contributed by atoms with Crippen LogP contribution in [0.5, 0.6) is 0 Å². The predicted molar refractivity (Wildman–Crippen MR) is 82.1 cm³/mol. The van der Waals surface area contributed by atoms with Gasteiger partial charge in [-0.05, 0) is 24.3 Å². The van der Waals surface area contributed by atoms with E-state index in [-0.39, 0.29) is 0 Å². The van der Waals surface area contributed by atoms with Gasteiger partial charge in [-0.15, -0.1) is 0 Å². The van der Waals surface area contributed by atoms with Crippen molar-refractivity contribution in [2.75, 3.05) is 0 Å². The summed E-state index contributed by atoms with van der Waals surface area (Å²) in [4.78, 5) is 23.2. The maximum absolute atomic E-state index is 12.8. The van der Waals surface area contributed by atoms with Gasteiger partial charge in [-0.2, -0.15) is 13.2 Å². The third-order valence-corrected chi connectivity index (χ3v) is 3.03. The van der Waals surface area contributed by atoms with Crippen LogP contribution in [0.2, 0.25) is 0 Å². The van der Waals surface area contributed by atoms with E-state index in [1.54, 1.807) is 24.3 Å². The average molecular weight is 352 g/mol. The van der Waals surface area contributed by atoms with Gasteiger partial charge < -0.3 is 14.6 Å². The van der Waals surface area contributed by atoms with Crippen LogP contribution in [0.4, 0.5) is 13.2 Å². The molecule has 0 amide bonds. The van der Waals surface area contributed by atoms with Crippen LogP contribution in [-0.2, 0) is 15.8 Å². The Kier molecular flexibility index (Phi) is 5.06. The summed E-state index contributed by atoms with van der Waals surface area (Å²) >= 11 is 0. The first-order valence-corrected chi connectivity index (χ1v) is 6.76. The van der Waals surface area contributed by atoms with Gasteiger partial charge in [-0.1, -0.05) is 12.1 Å². The highest BCUT2D eigenvalue weighted by molar-refractivity contribution is 5.89. The van der Waals surface area contributed by atoms with Gasteiger partial charge in [-0.25, -0.2) is 9.59 Å². The fraction of sp³-hybridized carbons (Fsp3) is 0.0625. The molecule has 0 aliphatic heterocycles. The number of rotatable bonds is 2. The Morgan fingerprint density at radius 1 is 1.00 bits per heavy atom. The van der Waals surface area contributed by atoms with Crippen LogP contribution >= 0.6 is 0 Å². The summed E-state index contributed by atoms with van der Waals surface area (Å²) in [5.74, 6) is -2.51. The summed E-state index contributed by atoms with van der Waals surface area (Å²) in [7, 11) is 0. The van der Waals surface area contributed by atoms with Crippen molar-refractivity contribution in [3.63, 3.8) is 0 Å². The van der Waals surface area contributed by atoms with Crippen LogP contribution in [0.3, 0.4) is 0 Å². The summed E-state index contributed by atoms with van der Waals surface area (Å²) in [5, 5.41) is 15.6. The first-order chi connectivity index (χ1) is 11.7. The van der Waals surface area contributed by atoms with Gasteiger partial charge in [0.1, 0.15) is 5.69 Å². The number of alkyl halides is 3. The predicted octanol–water partition coefficient (Wildman–Crippen LogP) is 3.22. The molecule has 0 bridgehead atoms. The molecule has 0 spiro atoms. The van der Waals surface area contributed by atoms with Gasteiger partial charge >= 0.3 is 18.1 Å². The zero-order chi connectivity index (χ0) is 18.6. The largest absolute Gasteiger partial charge is 0.478 e. The van der Waals surface area contributed by atoms with E-state index in [0.29, 0.717) is 28.7 Å². The summed E-state index contributed by atoms with van der Waals surface area (Å²) in [6.45, 7) is 0. The number of carboxylic acids is 2.